The highest BCUT2D eigenvalue weighted by Gasteiger charge is 2.20. The molecule has 4 rings (SSSR count). The number of carboxylic acid groups (broad SMARTS) is 2. The van der Waals surface area contributed by atoms with Gasteiger partial charge in [0.2, 0.25) is 0 Å². The molecule has 0 aliphatic rings. The maximum absolute atomic E-state index is 15.3. The quantitative estimate of drug-likeness (QED) is 0.145. The van der Waals surface area contributed by atoms with Gasteiger partial charge in [-0.05, 0) is 24.3 Å². The number of benzene rings is 2. The third-order valence-electron chi connectivity index (χ3n) is 5.77. The van der Waals surface area contributed by atoms with Gasteiger partial charge < -0.3 is 29.2 Å². The van der Waals surface area contributed by atoms with E-state index in [1.54, 1.807) is 36.4 Å². The van der Waals surface area contributed by atoms with Gasteiger partial charge in [0.05, 0.1) is 40.3 Å². The molecule has 0 saturated heterocycles. The summed E-state index contributed by atoms with van der Waals surface area (Å²) in [7, 11) is 2.81. The van der Waals surface area contributed by atoms with Crippen molar-refractivity contribution in [3.05, 3.63) is 57.8 Å². The largest absolute Gasteiger partial charge is 0.493 e. The molecule has 2 aromatic carbocycles. The molecule has 2 heterocycles. The Balaban J connectivity index is 1.43. The van der Waals surface area contributed by atoms with Crippen LogP contribution in [0.1, 0.15) is 29.0 Å². The first-order valence-corrected chi connectivity index (χ1v) is 14.0. The second-order valence-corrected chi connectivity index (χ2v) is 10.8. The summed E-state index contributed by atoms with van der Waals surface area (Å²) in [5, 5.41) is 18.2. The number of rotatable bonds is 14. The molecule has 0 aliphatic carbocycles. The average molecular weight is 605 g/mol. The zero-order chi connectivity index (χ0) is 29.5. The molecule has 2 N–H and O–H groups in total. The van der Waals surface area contributed by atoms with Gasteiger partial charge in [-0.2, -0.15) is 0 Å². The Hall–Kier alpha value is -4.16. The standard InChI is InChI=1S/C29H26F2O8S2/c1-36-20-14-22-18(12-16(40-22)6-3-8-24(32)33)26(30)28(20)38-10-5-11-39-29-21(37-2)15-23-19(27(29)31)13-17(41-23)7-4-9-25(34)35/h3-4,6-7,12-15H,5,8-11H2,1-2H3,(H,32,33)(H,34,35)/b6-3+,7-4+. The number of fused-ring (bicyclic) bond motifs is 2. The molecule has 0 amide bonds. The number of ether oxygens (including phenoxy) is 4. The van der Waals surface area contributed by atoms with Crippen LogP contribution < -0.4 is 18.9 Å². The molecular weight excluding hydrogens is 578 g/mol. The molecule has 12 heteroatoms. The number of hydrogen-bond donors (Lipinski definition) is 2. The van der Waals surface area contributed by atoms with Crippen molar-refractivity contribution in [1.29, 1.82) is 0 Å². The Morgan fingerprint density at radius 2 is 1.17 bits per heavy atom. The topological polar surface area (TPSA) is 112 Å². The Morgan fingerprint density at radius 3 is 1.54 bits per heavy atom. The van der Waals surface area contributed by atoms with Gasteiger partial charge >= 0.3 is 11.9 Å². The van der Waals surface area contributed by atoms with Crippen LogP contribution in [0.3, 0.4) is 0 Å². The molecular formula is C29H26F2O8S2. The lowest BCUT2D eigenvalue weighted by Gasteiger charge is -2.14. The molecule has 0 bridgehead atoms. The van der Waals surface area contributed by atoms with Gasteiger partial charge in [0, 0.05) is 48.5 Å². The van der Waals surface area contributed by atoms with Gasteiger partial charge in [-0.25, -0.2) is 8.78 Å². The molecule has 8 nitrogen and oxygen atoms in total. The van der Waals surface area contributed by atoms with Gasteiger partial charge in [0.15, 0.2) is 34.6 Å². The summed E-state index contributed by atoms with van der Waals surface area (Å²) in [6, 6.07) is 6.55. The highest BCUT2D eigenvalue weighted by Crippen LogP contribution is 2.42. The predicted octanol–water partition coefficient (Wildman–Crippen LogP) is 7.24. The van der Waals surface area contributed by atoms with E-state index in [1.807, 2.05) is 0 Å². The van der Waals surface area contributed by atoms with E-state index < -0.39 is 23.6 Å². The Kier molecular flexibility index (Phi) is 9.79. The third-order valence-corrected chi connectivity index (χ3v) is 7.87. The summed E-state index contributed by atoms with van der Waals surface area (Å²) in [5.74, 6) is -2.82. The first kappa shape index (κ1) is 29.8. The lowest BCUT2D eigenvalue weighted by Crippen LogP contribution is -2.08. The van der Waals surface area contributed by atoms with Gasteiger partial charge in [-0.1, -0.05) is 12.2 Å². The van der Waals surface area contributed by atoms with E-state index in [0.29, 0.717) is 36.3 Å². The number of thiophene rings is 2. The molecule has 0 spiro atoms. The zero-order valence-corrected chi connectivity index (χ0v) is 23.7. The Morgan fingerprint density at radius 1 is 0.756 bits per heavy atom. The van der Waals surface area contributed by atoms with Crippen LogP contribution in [0, 0.1) is 11.6 Å². The normalized spacial score (nSPS) is 11.6. The summed E-state index contributed by atoms with van der Waals surface area (Å²) in [6.07, 6.45) is 6.25. The van der Waals surface area contributed by atoms with E-state index >= 15 is 8.78 Å². The SMILES string of the molecule is COc1cc2sc(/C=C/CC(=O)O)cc2c(F)c1OCCCOc1c(OC)cc2sc(/C=C/CC(=O)O)cc2c1F. The average Bonchev–Trinajstić information content (AvgIpc) is 3.53. The zero-order valence-electron chi connectivity index (χ0n) is 22.1. The van der Waals surface area contributed by atoms with Crippen molar-refractivity contribution in [3.8, 4) is 23.0 Å². The summed E-state index contributed by atoms with van der Waals surface area (Å²) in [5.41, 5.74) is 0. The third kappa shape index (κ3) is 7.14. The van der Waals surface area contributed by atoms with Gasteiger partial charge in [0.25, 0.3) is 0 Å². The van der Waals surface area contributed by atoms with Crippen LogP contribution in [-0.2, 0) is 9.59 Å². The summed E-state index contributed by atoms with van der Waals surface area (Å²) in [6.45, 7) is 0.106. The molecule has 0 radical (unpaired) electrons. The van der Waals surface area contributed by atoms with Crippen LogP contribution in [0.2, 0.25) is 0 Å². The summed E-state index contributed by atoms with van der Waals surface area (Å²) >= 11 is 2.59. The minimum absolute atomic E-state index is 0.0530. The molecule has 216 valence electrons. The second-order valence-electron chi connectivity index (χ2n) is 8.62. The van der Waals surface area contributed by atoms with E-state index in [-0.39, 0.29) is 49.1 Å². The van der Waals surface area contributed by atoms with E-state index in [1.165, 1.54) is 49.0 Å². The minimum atomic E-state index is -0.959. The Bertz CT molecular complexity index is 1520. The maximum Gasteiger partial charge on any atom is 0.307 e. The lowest BCUT2D eigenvalue weighted by molar-refractivity contribution is -0.137. The molecule has 0 aliphatic heterocycles. The van der Waals surface area contributed by atoms with E-state index in [0.717, 1.165) is 0 Å². The molecule has 0 atom stereocenters. The highest BCUT2D eigenvalue weighted by atomic mass is 32.1. The number of aliphatic carboxylic acids is 2. The van der Waals surface area contributed by atoms with Crippen LogP contribution >= 0.6 is 22.7 Å². The number of methoxy groups -OCH3 is 2. The maximum atomic E-state index is 15.3. The van der Waals surface area contributed by atoms with Crippen molar-refractivity contribution in [2.45, 2.75) is 19.3 Å². The summed E-state index contributed by atoms with van der Waals surface area (Å²) in [4.78, 5) is 22.8. The molecule has 2 aromatic heterocycles. The van der Waals surface area contributed by atoms with Gasteiger partial charge in [-0.3, -0.25) is 9.59 Å². The number of carboxylic acids is 2. The fourth-order valence-electron chi connectivity index (χ4n) is 3.93. The monoisotopic (exact) mass is 604 g/mol. The predicted molar refractivity (Wildman–Crippen MR) is 155 cm³/mol. The number of hydrogen-bond acceptors (Lipinski definition) is 8. The number of halogens is 2. The van der Waals surface area contributed by atoms with E-state index in [9.17, 15) is 9.59 Å². The van der Waals surface area contributed by atoms with Crippen molar-refractivity contribution < 1.29 is 47.5 Å². The van der Waals surface area contributed by atoms with Crippen molar-refractivity contribution >= 4 is 66.9 Å². The van der Waals surface area contributed by atoms with E-state index in [2.05, 4.69) is 0 Å². The van der Waals surface area contributed by atoms with Crippen LogP contribution in [0.4, 0.5) is 8.78 Å². The van der Waals surface area contributed by atoms with Crippen LogP contribution in [-0.4, -0.2) is 49.6 Å². The van der Waals surface area contributed by atoms with Crippen molar-refractivity contribution in [2.24, 2.45) is 0 Å². The van der Waals surface area contributed by atoms with Crippen molar-refractivity contribution in [2.75, 3.05) is 27.4 Å². The van der Waals surface area contributed by atoms with Gasteiger partial charge in [0.1, 0.15) is 0 Å². The smallest absolute Gasteiger partial charge is 0.307 e. The number of carbonyl (C=O) groups is 2. The van der Waals surface area contributed by atoms with Crippen molar-refractivity contribution in [1.82, 2.24) is 0 Å². The van der Waals surface area contributed by atoms with Crippen molar-refractivity contribution in [3.63, 3.8) is 0 Å². The first-order chi connectivity index (χ1) is 19.7. The molecule has 0 saturated carbocycles. The van der Waals surface area contributed by atoms with Gasteiger partial charge in [-0.15, -0.1) is 22.7 Å². The first-order valence-electron chi connectivity index (χ1n) is 12.3. The minimum Gasteiger partial charge on any atom is -0.493 e. The highest BCUT2D eigenvalue weighted by molar-refractivity contribution is 7.20. The van der Waals surface area contributed by atoms with E-state index in [4.69, 9.17) is 29.2 Å². The van der Waals surface area contributed by atoms with Crippen LogP contribution in [0.5, 0.6) is 23.0 Å². The Labute approximate surface area is 241 Å². The molecule has 0 fully saturated rings. The lowest BCUT2D eigenvalue weighted by atomic mass is 10.2. The second kappa shape index (κ2) is 13.5. The molecule has 41 heavy (non-hydrogen) atoms. The van der Waals surface area contributed by atoms with Crippen LogP contribution in [0.15, 0.2) is 36.4 Å². The molecule has 4 aromatic rings. The fourth-order valence-corrected chi connectivity index (χ4v) is 5.97. The fraction of sp³-hybridized carbons (Fsp3) is 0.241. The molecule has 0 unspecified atom stereocenters. The summed E-state index contributed by atoms with van der Waals surface area (Å²) < 4.78 is 53.9. The van der Waals surface area contributed by atoms with Crippen LogP contribution in [0.25, 0.3) is 32.3 Å².